The molecule has 0 fully saturated rings. The van der Waals surface area contributed by atoms with Crippen LogP contribution in [0.5, 0.6) is 5.88 Å². The Kier molecular flexibility index (Phi) is 4.07. The van der Waals surface area contributed by atoms with Crippen LogP contribution in [0.25, 0.3) is 0 Å². The zero-order chi connectivity index (χ0) is 13.7. The molecule has 1 aromatic carbocycles. The van der Waals surface area contributed by atoms with Crippen LogP contribution in [0.15, 0.2) is 36.7 Å². The number of nitrogens with one attached hydrogen (secondary N) is 1. The number of nitrogens with zero attached hydrogens (tertiary/aromatic N) is 2. The Balaban J connectivity index is 1.90. The first-order chi connectivity index (χ1) is 9.15. The van der Waals surface area contributed by atoms with Crippen LogP contribution in [-0.2, 0) is 4.79 Å². The van der Waals surface area contributed by atoms with Crippen molar-refractivity contribution in [1.82, 2.24) is 9.97 Å². The van der Waals surface area contributed by atoms with Gasteiger partial charge in [-0.25, -0.2) is 9.97 Å². The lowest BCUT2D eigenvalue weighted by Crippen LogP contribution is -2.21. The molecule has 2 rings (SSSR count). The molecular weight excluding hydrogens is 242 g/mol. The molecule has 0 saturated heterocycles. The summed E-state index contributed by atoms with van der Waals surface area (Å²) >= 11 is 0. The fourth-order valence-electron chi connectivity index (χ4n) is 1.55. The standard InChI is InChI=1S/C14H15N3O2/c1-10-5-3-4-6-12(10)17-13(18)8-19-14-7-11(2)15-9-16-14/h3-7,9H,8H2,1-2H3,(H,17,18). The number of hydrogen-bond acceptors (Lipinski definition) is 4. The Morgan fingerprint density at radius 2 is 2.05 bits per heavy atom. The average Bonchev–Trinajstić information content (AvgIpc) is 2.39. The Hall–Kier alpha value is -2.43. The van der Waals surface area contributed by atoms with Gasteiger partial charge >= 0.3 is 0 Å². The predicted octanol–water partition coefficient (Wildman–Crippen LogP) is 2.11. The fraction of sp³-hybridized carbons (Fsp3) is 0.214. The van der Waals surface area contributed by atoms with Gasteiger partial charge < -0.3 is 10.1 Å². The second kappa shape index (κ2) is 5.95. The van der Waals surface area contributed by atoms with Crippen LogP contribution in [-0.4, -0.2) is 22.5 Å². The summed E-state index contributed by atoms with van der Waals surface area (Å²) in [6, 6.07) is 9.26. The first-order valence-electron chi connectivity index (χ1n) is 5.92. The van der Waals surface area contributed by atoms with E-state index in [9.17, 15) is 4.79 Å². The van der Waals surface area contributed by atoms with Gasteiger partial charge in [0.2, 0.25) is 5.88 Å². The third-order valence-corrected chi connectivity index (χ3v) is 2.55. The molecule has 0 unspecified atom stereocenters. The molecule has 0 aliphatic rings. The van der Waals surface area contributed by atoms with Gasteiger partial charge in [-0.15, -0.1) is 0 Å². The second-order valence-corrected chi connectivity index (χ2v) is 4.15. The number of amides is 1. The largest absolute Gasteiger partial charge is 0.467 e. The molecule has 1 N–H and O–H groups in total. The van der Waals surface area contributed by atoms with Gasteiger partial charge in [0, 0.05) is 17.4 Å². The monoisotopic (exact) mass is 257 g/mol. The number of hydrogen-bond donors (Lipinski definition) is 1. The summed E-state index contributed by atoms with van der Waals surface area (Å²) in [6.45, 7) is 3.69. The smallest absolute Gasteiger partial charge is 0.262 e. The van der Waals surface area contributed by atoms with E-state index in [-0.39, 0.29) is 12.5 Å². The molecule has 1 amide bonds. The highest BCUT2D eigenvalue weighted by atomic mass is 16.5. The number of anilines is 1. The van der Waals surface area contributed by atoms with E-state index in [1.54, 1.807) is 6.07 Å². The molecule has 0 aliphatic heterocycles. The van der Waals surface area contributed by atoms with E-state index in [1.165, 1.54) is 6.33 Å². The van der Waals surface area contributed by atoms with Crippen molar-refractivity contribution in [1.29, 1.82) is 0 Å². The zero-order valence-electron chi connectivity index (χ0n) is 10.9. The zero-order valence-corrected chi connectivity index (χ0v) is 10.9. The topological polar surface area (TPSA) is 64.1 Å². The Bertz CT molecular complexity index is 584. The van der Waals surface area contributed by atoms with Crippen LogP contribution >= 0.6 is 0 Å². The third-order valence-electron chi connectivity index (χ3n) is 2.55. The van der Waals surface area contributed by atoms with Gasteiger partial charge in [-0.1, -0.05) is 18.2 Å². The number of para-hydroxylation sites is 1. The molecule has 0 radical (unpaired) electrons. The maximum absolute atomic E-state index is 11.7. The van der Waals surface area contributed by atoms with Crippen molar-refractivity contribution in [2.24, 2.45) is 0 Å². The highest BCUT2D eigenvalue weighted by molar-refractivity contribution is 5.92. The van der Waals surface area contributed by atoms with Gasteiger partial charge in [-0.3, -0.25) is 4.79 Å². The van der Waals surface area contributed by atoms with Gasteiger partial charge in [-0.05, 0) is 25.5 Å². The fourth-order valence-corrected chi connectivity index (χ4v) is 1.55. The molecule has 0 atom stereocenters. The van der Waals surface area contributed by atoms with Gasteiger partial charge in [0.25, 0.3) is 5.91 Å². The maximum atomic E-state index is 11.7. The number of ether oxygens (including phenoxy) is 1. The first kappa shape index (κ1) is 13.0. The SMILES string of the molecule is Cc1cc(OCC(=O)Nc2ccccc2C)ncn1. The summed E-state index contributed by atoms with van der Waals surface area (Å²) < 4.78 is 5.30. The molecular formula is C14H15N3O2. The maximum Gasteiger partial charge on any atom is 0.262 e. The van der Waals surface area contributed by atoms with Gasteiger partial charge in [0.05, 0.1) is 0 Å². The lowest BCUT2D eigenvalue weighted by molar-refractivity contribution is -0.118. The summed E-state index contributed by atoms with van der Waals surface area (Å²) in [5.41, 5.74) is 2.59. The molecule has 2 aromatic rings. The number of benzene rings is 1. The molecule has 0 aliphatic carbocycles. The molecule has 0 spiro atoms. The van der Waals surface area contributed by atoms with Crippen LogP contribution in [0.2, 0.25) is 0 Å². The van der Waals surface area contributed by atoms with Crippen molar-refractivity contribution >= 4 is 11.6 Å². The van der Waals surface area contributed by atoms with Gasteiger partial charge in [-0.2, -0.15) is 0 Å². The summed E-state index contributed by atoms with van der Waals surface area (Å²) in [7, 11) is 0. The number of rotatable bonds is 4. The van der Waals surface area contributed by atoms with Crippen molar-refractivity contribution in [3.05, 3.63) is 47.9 Å². The molecule has 0 bridgehead atoms. The van der Waals surface area contributed by atoms with Crippen molar-refractivity contribution < 1.29 is 9.53 Å². The summed E-state index contributed by atoms with van der Waals surface area (Å²) in [5, 5.41) is 2.79. The van der Waals surface area contributed by atoms with E-state index in [4.69, 9.17) is 4.74 Å². The Morgan fingerprint density at radius 1 is 1.26 bits per heavy atom. The van der Waals surface area contributed by atoms with E-state index in [1.807, 2.05) is 38.1 Å². The van der Waals surface area contributed by atoms with Gasteiger partial charge in [0.15, 0.2) is 6.61 Å². The lowest BCUT2D eigenvalue weighted by atomic mass is 10.2. The Labute approximate surface area is 111 Å². The number of aromatic nitrogens is 2. The number of aryl methyl sites for hydroxylation is 2. The molecule has 5 heteroatoms. The average molecular weight is 257 g/mol. The van der Waals surface area contributed by atoms with Crippen molar-refractivity contribution in [3.63, 3.8) is 0 Å². The van der Waals surface area contributed by atoms with Crippen LogP contribution in [0.1, 0.15) is 11.3 Å². The third kappa shape index (κ3) is 3.77. The minimum atomic E-state index is -0.217. The lowest BCUT2D eigenvalue weighted by Gasteiger charge is -2.08. The highest BCUT2D eigenvalue weighted by Crippen LogP contribution is 2.13. The normalized spacial score (nSPS) is 10.0. The molecule has 5 nitrogen and oxygen atoms in total. The minimum Gasteiger partial charge on any atom is -0.467 e. The summed E-state index contributed by atoms with van der Waals surface area (Å²) in [5.74, 6) is 0.179. The quantitative estimate of drug-likeness (QED) is 0.911. The summed E-state index contributed by atoms with van der Waals surface area (Å²) in [6.07, 6.45) is 1.41. The highest BCUT2D eigenvalue weighted by Gasteiger charge is 2.06. The van der Waals surface area contributed by atoms with Crippen LogP contribution < -0.4 is 10.1 Å². The first-order valence-corrected chi connectivity index (χ1v) is 5.92. The number of carbonyl (C=O) groups excluding carboxylic acids is 1. The summed E-state index contributed by atoms with van der Waals surface area (Å²) in [4.78, 5) is 19.6. The van der Waals surface area contributed by atoms with Crippen LogP contribution in [0.4, 0.5) is 5.69 Å². The van der Waals surface area contributed by atoms with Crippen LogP contribution in [0.3, 0.4) is 0 Å². The van der Waals surface area contributed by atoms with Crippen molar-refractivity contribution in [2.75, 3.05) is 11.9 Å². The van der Waals surface area contributed by atoms with E-state index >= 15 is 0 Å². The van der Waals surface area contributed by atoms with Crippen molar-refractivity contribution in [3.8, 4) is 5.88 Å². The van der Waals surface area contributed by atoms with E-state index < -0.39 is 0 Å². The Morgan fingerprint density at radius 3 is 2.79 bits per heavy atom. The van der Waals surface area contributed by atoms with E-state index in [0.717, 1.165) is 16.9 Å². The number of carbonyl (C=O) groups is 1. The molecule has 0 saturated carbocycles. The van der Waals surface area contributed by atoms with Gasteiger partial charge in [0.1, 0.15) is 6.33 Å². The molecule has 1 heterocycles. The second-order valence-electron chi connectivity index (χ2n) is 4.15. The molecule has 19 heavy (non-hydrogen) atoms. The minimum absolute atomic E-state index is 0.0786. The van der Waals surface area contributed by atoms with E-state index in [2.05, 4.69) is 15.3 Å². The predicted molar refractivity (Wildman–Crippen MR) is 72.1 cm³/mol. The van der Waals surface area contributed by atoms with Crippen LogP contribution in [0, 0.1) is 13.8 Å². The molecule has 98 valence electrons. The molecule has 1 aromatic heterocycles. The van der Waals surface area contributed by atoms with Crippen molar-refractivity contribution in [2.45, 2.75) is 13.8 Å². The van der Waals surface area contributed by atoms with E-state index in [0.29, 0.717) is 5.88 Å².